The lowest BCUT2D eigenvalue weighted by Gasteiger charge is -2.04. The normalized spacial score (nSPS) is 10.7. The summed E-state index contributed by atoms with van der Waals surface area (Å²) in [6, 6.07) is 21.8. The molecular weight excluding hydrogens is 305 g/mol. The van der Waals surface area contributed by atoms with E-state index in [4.69, 9.17) is 4.74 Å². The Morgan fingerprint density at radius 2 is 1.67 bits per heavy atom. The molecule has 0 aromatic heterocycles. The molecule has 24 heavy (non-hydrogen) atoms. The van der Waals surface area contributed by atoms with Gasteiger partial charge in [-0.2, -0.15) is 0 Å². The van der Waals surface area contributed by atoms with Crippen molar-refractivity contribution in [1.29, 1.82) is 0 Å². The van der Waals surface area contributed by atoms with E-state index in [0.29, 0.717) is 17.0 Å². The largest absolute Gasteiger partial charge is 0.423 e. The maximum absolute atomic E-state index is 13.1. The maximum atomic E-state index is 13.1. The Kier molecular flexibility index (Phi) is 4.77. The first-order chi connectivity index (χ1) is 11.7. The van der Waals surface area contributed by atoms with Crippen LogP contribution in [0.15, 0.2) is 83.9 Å². The summed E-state index contributed by atoms with van der Waals surface area (Å²) in [5, 5.41) is 0. The highest BCUT2D eigenvalue weighted by atomic mass is 19.1. The molecule has 0 fully saturated rings. The second-order valence-corrected chi connectivity index (χ2v) is 5.06. The summed E-state index contributed by atoms with van der Waals surface area (Å²) in [4.78, 5) is 16.2. The van der Waals surface area contributed by atoms with Crippen LogP contribution < -0.4 is 4.74 Å². The van der Waals surface area contributed by atoms with Crippen molar-refractivity contribution < 1.29 is 13.9 Å². The summed E-state index contributed by atoms with van der Waals surface area (Å²) in [6.45, 7) is 0. The van der Waals surface area contributed by atoms with Crippen LogP contribution in [0.5, 0.6) is 5.75 Å². The molecule has 0 heterocycles. The molecule has 0 unspecified atom stereocenters. The van der Waals surface area contributed by atoms with Crippen molar-refractivity contribution in [2.24, 2.45) is 4.99 Å². The van der Waals surface area contributed by atoms with Crippen LogP contribution in [-0.4, -0.2) is 12.2 Å². The number of nitrogens with zero attached hydrogens (tertiary/aromatic N) is 1. The van der Waals surface area contributed by atoms with Gasteiger partial charge in [-0.15, -0.1) is 0 Å². The van der Waals surface area contributed by atoms with E-state index in [-0.39, 0.29) is 5.82 Å². The molecule has 0 N–H and O–H groups in total. The maximum Gasteiger partial charge on any atom is 0.343 e. The fourth-order valence-electron chi connectivity index (χ4n) is 2.07. The number of hydrogen-bond donors (Lipinski definition) is 0. The quantitative estimate of drug-likeness (QED) is 0.394. The van der Waals surface area contributed by atoms with Gasteiger partial charge >= 0.3 is 5.97 Å². The zero-order chi connectivity index (χ0) is 16.8. The first-order valence-electron chi connectivity index (χ1n) is 7.38. The minimum Gasteiger partial charge on any atom is -0.423 e. The number of hydrogen-bond acceptors (Lipinski definition) is 3. The van der Waals surface area contributed by atoms with E-state index in [0.717, 1.165) is 5.56 Å². The van der Waals surface area contributed by atoms with Gasteiger partial charge in [-0.3, -0.25) is 4.99 Å². The van der Waals surface area contributed by atoms with Gasteiger partial charge in [0.05, 0.1) is 11.3 Å². The molecule has 0 aliphatic rings. The fourth-order valence-corrected chi connectivity index (χ4v) is 2.07. The summed E-state index contributed by atoms with van der Waals surface area (Å²) in [5.41, 5.74) is 1.78. The van der Waals surface area contributed by atoms with Crippen LogP contribution >= 0.6 is 0 Å². The third-order valence-electron chi connectivity index (χ3n) is 3.27. The fraction of sp³-hybridized carbons (Fsp3) is 0. The SMILES string of the molecule is O=C(Oc1ccccc1)c1ccc(C=Nc2cccc(F)c2)cc1. The van der Waals surface area contributed by atoms with Crippen LogP contribution in [0.3, 0.4) is 0 Å². The molecule has 3 nitrogen and oxygen atoms in total. The molecule has 0 aliphatic carbocycles. The van der Waals surface area contributed by atoms with Gasteiger partial charge in [0.25, 0.3) is 0 Å². The van der Waals surface area contributed by atoms with Crippen molar-refractivity contribution >= 4 is 17.9 Å². The van der Waals surface area contributed by atoms with E-state index >= 15 is 0 Å². The van der Waals surface area contributed by atoms with Gasteiger partial charge in [0.15, 0.2) is 0 Å². The smallest absolute Gasteiger partial charge is 0.343 e. The zero-order valence-corrected chi connectivity index (χ0v) is 12.7. The summed E-state index contributed by atoms with van der Waals surface area (Å²) in [6.07, 6.45) is 1.61. The van der Waals surface area contributed by atoms with Crippen LogP contribution in [-0.2, 0) is 0 Å². The van der Waals surface area contributed by atoms with Gasteiger partial charge in [0.2, 0.25) is 0 Å². The second kappa shape index (κ2) is 7.33. The number of aliphatic imine (C=N–C) groups is 1. The Balaban J connectivity index is 1.68. The van der Waals surface area contributed by atoms with Gasteiger partial charge in [0.1, 0.15) is 11.6 Å². The number of esters is 1. The summed E-state index contributed by atoms with van der Waals surface area (Å²) < 4.78 is 18.4. The van der Waals surface area contributed by atoms with Crippen molar-refractivity contribution in [2.45, 2.75) is 0 Å². The number of benzene rings is 3. The molecule has 0 saturated carbocycles. The Labute approximate surface area is 139 Å². The van der Waals surface area contributed by atoms with Crippen molar-refractivity contribution in [3.63, 3.8) is 0 Å². The van der Waals surface area contributed by atoms with E-state index in [9.17, 15) is 9.18 Å². The Morgan fingerprint density at radius 1 is 0.917 bits per heavy atom. The average Bonchev–Trinajstić information content (AvgIpc) is 2.61. The molecule has 0 atom stereocenters. The third-order valence-corrected chi connectivity index (χ3v) is 3.27. The van der Waals surface area contributed by atoms with E-state index in [1.165, 1.54) is 12.1 Å². The predicted octanol–water partition coefficient (Wildman–Crippen LogP) is 4.80. The highest BCUT2D eigenvalue weighted by molar-refractivity contribution is 5.92. The second-order valence-electron chi connectivity index (χ2n) is 5.06. The van der Waals surface area contributed by atoms with Gasteiger partial charge < -0.3 is 4.74 Å². The van der Waals surface area contributed by atoms with E-state index in [1.807, 2.05) is 6.07 Å². The predicted molar refractivity (Wildman–Crippen MR) is 91.5 cm³/mol. The lowest BCUT2D eigenvalue weighted by Crippen LogP contribution is -2.08. The molecule has 118 valence electrons. The van der Waals surface area contributed by atoms with Crippen LogP contribution in [0.2, 0.25) is 0 Å². The van der Waals surface area contributed by atoms with Crippen molar-refractivity contribution in [2.75, 3.05) is 0 Å². The van der Waals surface area contributed by atoms with Crippen molar-refractivity contribution in [3.05, 3.63) is 95.8 Å². The van der Waals surface area contributed by atoms with Crippen LogP contribution in [0.25, 0.3) is 0 Å². The summed E-state index contributed by atoms with van der Waals surface area (Å²) >= 11 is 0. The number of rotatable bonds is 4. The number of halogens is 1. The molecule has 0 spiro atoms. The summed E-state index contributed by atoms with van der Waals surface area (Å²) in [5.74, 6) is -0.252. The molecule has 4 heteroatoms. The molecule has 0 bridgehead atoms. The lowest BCUT2D eigenvalue weighted by atomic mass is 10.1. The molecule has 3 rings (SSSR count). The number of para-hydroxylation sites is 1. The van der Waals surface area contributed by atoms with Crippen molar-refractivity contribution in [3.8, 4) is 5.75 Å². The Hall–Kier alpha value is -3.27. The molecule has 3 aromatic carbocycles. The molecular formula is C20H14FNO2. The number of carbonyl (C=O) groups excluding carboxylic acids is 1. The third kappa shape index (κ3) is 4.14. The van der Waals surface area contributed by atoms with Crippen LogP contribution in [0.4, 0.5) is 10.1 Å². The minimum absolute atomic E-state index is 0.330. The molecule has 0 saturated heterocycles. The molecule has 0 radical (unpaired) electrons. The van der Waals surface area contributed by atoms with Gasteiger partial charge in [-0.25, -0.2) is 9.18 Å². The zero-order valence-electron chi connectivity index (χ0n) is 12.7. The van der Waals surface area contributed by atoms with Crippen LogP contribution in [0.1, 0.15) is 15.9 Å². The molecule has 0 amide bonds. The van der Waals surface area contributed by atoms with Gasteiger partial charge in [-0.05, 0) is 48.0 Å². The highest BCUT2D eigenvalue weighted by Crippen LogP contribution is 2.14. The minimum atomic E-state index is -0.421. The topological polar surface area (TPSA) is 38.7 Å². The monoisotopic (exact) mass is 319 g/mol. The van der Waals surface area contributed by atoms with E-state index < -0.39 is 5.97 Å². The summed E-state index contributed by atoms with van der Waals surface area (Å²) in [7, 11) is 0. The number of carbonyl (C=O) groups is 1. The van der Waals surface area contributed by atoms with E-state index in [1.54, 1.807) is 66.9 Å². The standard InChI is InChI=1S/C20H14FNO2/c21-17-5-4-6-18(13-17)22-14-15-9-11-16(12-10-15)20(23)24-19-7-2-1-3-8-19/h1-14H. The van der Waals surface area contributed by atoms with E-state index in [2.05, 4.69) is 4.99 Å². The molecule has 3 aromatic rings. The molecule has 0 aliphatic heterocycles. The first kappa shape index (κ1) is 15.6. The number of ether oxygens (including phenoxy) is 1. The van der Waals surface area contributed by atoms with Crippen LogP contribution in [0, 0.1) is 5.82 Å². The Bertz CT molecular complexity index is 858. The average molecular weight is 319 g/mol. The lowest BCUT2D eigenvalue weighted by molar-refractivity contribution is 0.0735. The first-order valence-corrected chi connectivity index (χ1v) is 7.38. The van der Waals surface area contributed by atoms with Gasteiger partial charge in [0, 0.05) is 6.21 Å². The highest BCUT2D eigenvalue weighted by Gasteiger charge is 2.07. The Morgan fingerprint density at radius 3 is 2.38 bits per heavy atom. The van der Waals surface area contributed by atoms with Gasteiger partial charge in [-0.1, -0.05) is 36.4 Å². The van der Waals surface area contributed by atoms with Crippen molar-refractivity contribution in [1.82, 2.24) is 0 Å².